The first-order chi connectivity index (χ1) is 44.1. The molecule has 2 saturated heterocycles. The summed E-state index contributed by atoms with van der Waals surface area (Å²) in [6.07, 6.45) is 61.7. The predicted octanol–water partition coefficient (Wildman–Crippen LogP) is 16.5. The van der Waals surface area contributed by atoms with E-state index in [4.69, 9.17) is 18.9 Å². The van der Waals surface area contributed by atoms with E-state index >= 15 is 0 Å². The van der Waals surface area contributed by atoms with Crippen molar-refractivity contribution in [2.24, 2.45) is 0 Å². The van der Waals surface area contributed by atoms with Crippen LogP contribution in [0.25, 0.3) is 0 Å². The van der Waals surface area contributed by atoms with E-state index in [1.54, 1.807) is 0 Å². The third-order valence-electron chi connectivity index (χ3n) is 18.9. The predicted molar refractivity (Wildman–Crippen MR) is 369 cm³/mol. The Morgan fingerprint density at radius 1 is 0.400 bits per heavy atom. The van der Waals surface area contributed by atoms with Crippen molar-refractivity contribution < 1.29 is 64.6 Å². The summed E-state index contributed by atoms with van der Waals surface area (Å²) in [7, 11) is 0. The lowest BCUT2D eigenvalue weighted by molar-refractivity contribution is -0.359. The average Bonchev–Trinajstić information content (AvgIpc) is 1.41. The van der Waals surface area contributed by atoms with Gasteiger partial charge >= 0.3 is 0 Å². The van der Waals surface area contributed by atoms with Gasteiger partial charge in [-0.3, -0.25) is 4.79 Å². The van der Waals surface area contributed by atoms with Gasteiger partial charge in [-0.05, 0) is 51.4 Å². The van der Waals surface area contributed by atoms with Crippen molar-refractivity contribution in [3.63, 3.8) is 0 Å². The van der Waals surface area contributed by atoms with Crippen molar-refractivity contribution in [3.05, 3.63) is 36.5 Å². The van der Waals surface area contributed by atoms with E-state index in [9.17, 15) is 45.6 Å². The van der Waals surface area contributed by atoms with Gasteiger partial charge in [0, 0.05) is 6.42 Å². The highest BCUT2D eigenvalue weighted by atomic mass is 16.7. The van der Waals surface area contributed by atoms with Crippen LogP contribution in [0.15, 0.2) is 36.5 Å². The minimum Gasteiger partial charge on any atom is -0.394 e. The second kappa shape index (κ2) is 60.8. The van der Waals surface area contributed by atoms with Crippen LogP contribution in [0.2, 0.25) is 0 Å². The number of aliphatic hydroxyl groups excluding tert-OH is 8. The number of carbonyl (C=O) groups excluding carboxylic acids is 1. The summed E-state index contributed by atoms with van der Waals surface area (Å²) in [5.74, 6) is -0.206. The number of hydrogen-bond acceptors (Lipinski definition) is 13. The molecule has 0 bridgehead atoms. The maximum absolute atomic E-state index is 13.4. The Morgan fingerprint density at radius 3 is 1.12 bits per heavy atom. The Balaban J connectivity index is 1.63. The normalized spacial score (nSPS) is 23.0. The van der Waals surface area contributed by atoms with E-state index < -0.39 is 86.8 Å². The van der Waals surface area contributed by atoms with Crippen molar-refractivity contribution in [1.82, 2.24) is 5.32 Å². The molecular weight excluding hydrogens is 1130 g/mol. The number of carbonyl (C=O) groups is 1. The molecule has 530 valence electrons. The SMILES string of the molecule is CCCCCCC/C=C\C/C=C\C/C=C\CCCCCCCCCCCCC(=O)NC(COC1OC(CO)C(OC2OC(CO)C(O)C(O)C2O)C(O)C1O)C(O)CCCCCCCCCCCCCCCCCCCCCCCCCCCCCCCCC. The molecule has 12 unspecified atom stereocenters. The average molecular weight is 1280 g/mol. The highest BCUT2D eigenvalue weighted by Gasteiger charge is 2.51. The van der Waals surface area contributed by atoms with Gasteiger partial charge in [0.15, 0.2) is 12.6 Å². The molecule has 14 nitrogen and oxygen atoms in total. The number of unbranched alkanes of at least 4 members (excludes halogenated alkanes) is 45. The smallest absolute Gasteiger partial charge is 0.220 e. The monoisotopic (exact) mass is 1280 g/mol. The van der Waals surface area contributed by atoms with Crippen LogP contribution in [-0.4, -0.2) is 140 Å². The molecular formula is C76H143NO13. The zero-order valence-electron chi connectivity index (χ0n) is 57.9. The number of allylic oxidation sites excluding steroid dienone is 6. The molecule has 0 spiro atoms. The quantitative estimate of drug-likeness (QED) is 0.0204. The Kier molecular flexibility index (Phi) is 57.0. The Labute approximate surface area is 551 Å². The van der Waals surface area contributed by atoms with E-state index in [1.807, 2.05) is 0 Å². The summed E-state index contributed by atoms with van der Waals surface area (Å²) in [4.78, 5) is 13.4. The fraction of sp³-hybridized carbons (Fsp3) is 0.908. The first kappa shape index (κ1) is 84.3. The number of rotatable bonds is 64. The summed E-state index contributed by atoms with van der Waals surface area (Å²) >= 11 is 0. The first-order valence-corrected chi connectivity index (χ1v) is 38.2. The van der Waals surface area contributed by atoms with Crippen LogP contribution in [0.4, 0.5) is 0 Å². The van der Waals surface area contributed by atoms with Crippen molar-refractivity contribution in [1.29, 1.82) is 0 Å². The first-order valence-electron chi connectivity index (χ1n) is 38.2. The standard InChI is InChI=1S/C76H143NO13/c1-3-5-7-9-11-13-15-17-19-21-23-25-27-29-30-31-32-33-34-36-37-39-41-43-45-47-49-51-53-55-57-59-65(80)64(63-87-75-73(86)71(84)74(67(62-79)89-75)90-76-72(85)70(83)69(82)66(61-78)88-76)77-68(81)60-58-56-54-52-50-48-46-44-42-40-38-35-28-26-24-22-20-18-16-14-12-10-8-6-4-2/h16,18,22,24,28,35,64-67,69-76,78-80,82-86H,3-15,17,19-21,23,25-27,29-34,36-63H2,1-2H3,(H,77,81)/b18-16-,24-22-,35-28-. The third kappa shape index (κ3) is 44.0. The maximum atomic E-state index is 13.4. The van der Waals surface area contributed by atoms with Gasteiger partial charge in [-0.15, -0.1) is 0 Å². The molecule has 0 aromatic carbocycles. The molecule has 0 aromatic heterocycles. The zero-order valence-corrected chi connectivity index (χ0v) is 57.9. The lowest BCUT2D eigenvalue weighted by atomic mass is 9.97. The van der Waals surface area contributed by atoms with Gasteiger partial charge in [-0.1, -0.05) is 326 Å². The van der Waals surface area contributed by atoms with Crippen molar-refractivity contribution in [2.75, 3.05) is 19.8 Å². The molecule has 2 rings (SSSR count). The molecule has 12 atom stereocenters. The zero-order chi connectivity index (χ0) is 65.2. The second-order valence-electron chi connectivity index (χ2n) is 27.1. The van der Waals surface area contributed by atoms with E-state index in [-0.39, 0.29) is 12.5 Å². The van der Waals surface area contributed by atoms with Crippen LogP contribution < -0.4 is 5.32 Å². The Bertz CT molecular complexity index is 1650. The minimum atomic E-state index is -1.78. The fourth-order valence-electron chi connectivity index (χ4n) is 12.8. The van der Waals surface area contributed by atoms with Crippen LogP contribution >= 0.6 is 0 Å². The summed E-state index contributed by atoms with van der Waals surface area (Å²) in [5, 5.41) is 87.8. The number of aliphatic hydroxyl groups is 8. The molecule has 0 radical (unpaired) electrons. The van der Waals surface area contributed by atoms with Gasteiger partial charge in [0.25, 0.3) is 0 Å². The molecule has 2 aliphatic heterocycles. The van der Waals surface area contributed by atoms with Gasteiger partial charge in [0.1, 0.15) is 48.8 Å². The van der Waals surface area contributed by atoms with Gasteiger partial charge < -0.3 is 65.1 Å². The second-order valence-corrected chi connectivity index (χ2v) is 27.1. The van der Waals surface area contributed by atoms with Crippen LogP contribution in [-0.2, 0) is 23.7 Å². The van der Waals surface area contributed by atoms with Crippen LogP contribution in [0.5, 0.6) is 0 Å². The topological polar surface area (TPSA) is 228 Å². The van der Waals surface area contributed by atoms with Crippen molar-refractivity contribution >= 4 is 5.91 Å². The van der Waals surface area contributed by atoms with E-state index in [2.05, 4.69) is 55.6 Å². The highest BCUT2D eigenvalue weighted by Crippen LogP contribution is 2.30. The minimum absolute atomic E-state index is 0.206. The summed E-state index contributed by atoms with van der Waals surface area (Å²) in [5.41, 5.74) is 0. The van der Waals surface area contributed by atoms with E-state index in [1.165, 1.54) is 250 Å². The molecule has 9 N–H and O–H groups in total. The summed E-state index contributed by atoms with van der Waals surface area (Å²) < 4.78 is 23.0. The molecule has 0 aliphatic carbocycles. The number of ether oxygens (including phenoxy) is 4. The van der Waals surface area contributed by atoms with E-state index in [0.717, 1.165) is 70.6 Å². The molecule has 0 aromatic rings. The van der Waals surface area contributed by atoms with Crippen LogP contribution in [0, 0.1) is 0 Å². The van der Waals surface area contributed by atoms with Crippen molar-refractivity contribution in [3.8, 4) is 0 Å². The largest absolute Gasteiger partial charge is 0.394 e. The molecule has 2 heterocycles. The highest BCUT2D eigenvalue weighted by molar-refractivity contribution is 5.76. The van der Waals surface area contributed by atoms with Crippen LogP contribution in [0.1, 0.15) is 348 Å². The number of amides is 1. The molecule has 90 heavy (non-hydrogen) atoms. The van der Waals surface area contributed by atoms with Crippen LogP contribution in [0.3, 0.4) is 0 Å². The number of hydrogen-bond donors (Lipinski definition) is 9. The molecule has 0 saturated carbocycles. The Morgan fingerprint density at radius 2 is 0.733 bits per heavy atom. The lowest BCUT2D eigenvalue weighted by Crippen LogP contribution is -2.65. The van der Waals surface area contributed by atoms with Gasteiger partial charge in [-0.25, -0.2) is 0 Å². The maximum Gasteiger partial charge on any atom is 0.220 e. The lowest BCUT2D eigenvalue weighted by Gasteiger charge is -2.46. The molecule has 1 amide bonds. The fourth-order valence-corrected chi connectivity index (χ4v) is 12.8. The van der Waals surface area contributed by atoms with Gasteiger partial charge in [0.2, 0.25) is 5.91 Å². The van der Waals surface area contributed by atoms with Gasteiger partial charge in [0.05, 0.1) is 32.0 Å². The van der Waals surface area contributed by atoms with Gasteiger partial charge in [-0.2, -0.15) is 0 Å². The van der Waals surface area contributed by atoms with E-state index in [0.29, 0.717) is 12.8 Å². The summed E-state index contributed by atoms with van der Waals surface area (Å²) in [6.45, 7) is 2.90. The third-order valence-corrected chi connectivity index (χ3v) is 18.9. The molecule has 14 heteroatoms. The number of nitrogens with one attached hydrogen (secondary N) is 1. The Hall–Kier alpha value is -1.79. The summed E-state index contributed by atoms with van der Waals surface area (Å²) in [6, 6.07) is -0.833. The molecule has 2 fully saturated rings. The molecule has 2 aliphatic rings. The van der Waals surface area contributed by atoms with Crippen molar-refractivity contribution in [2.45, 2.75) is 421 Å².